The van der Waals surface area contributed by atoms with Crippen molar-refractivity contribution >= 4 is 24.1 Å². The Balaban J connectivity index is 0.00000288. The molecule has 1 aromatic carbocycles. The van der Waals surface area contributed by atoms with Crippen LogP contribution >= 0.6 is 12.4 Å². The number of Topliss-reactive ketones (excluding diaryl/α,β-unsaturated/α-hetero) is 1. The first-order valence-corrected chi connectivity index (χ1v) is 8.38. The predicted octanol–water partition coefficient (Wildman–Crippen LogP) is 2.67. The number of carbonyl (C=O) groups is 2. The van der Waals surface area contributed by atoms with Crippen molar-refractivity contribution in [3.8, 4) is 5.75 Å². The normalized spacial score (nSPS) is 16.6. The van der Waals surface area contributed by atoms with Gasteiger partial charge in [0.15, 0.2) is 5.78 Å². The zero-order valence-corrected chi connectivity index (χ0v) is 15.0. The summed E-state index contributed by atoms with van der Waals surface area (Å²) in [4.78, 5) is 26.1. The Morgan fingerprint density at radius 3 is 2.54 bits per heavy atom. The molecule has 24 heavy (non-hydrogen) atoms. The standard InChI is InChI=1S/C18H26N2O3.ClH/c1-2-11-23-16-5-3-15(4-6-16)17(21)7-8-18(22)20-10-9-14(12-19)13-20;/h3-6,14H,2,7-13,19H2,1H3;1H. The van der Waals surface area contributed by atoms with Crippen LogP contribution in [-0.2, 0) is 4.79 Å². The van der Waals surface area contributed by atoms with Crippen molar-refractivity contribution in [2.75, 3.05) is 26.2 Å². The summed E-state index contributed by atoms with van der Waals surface area (Å²) in [6.45, 7) is 4.83. The second kappa shape index (κ2) is 10.3. The Morgan fingerprint density at radius 2 is 1.96 bits per heavy atom. The van der Waals surface area contributed by atoms with Gasteiger partial charge in [0, 0.05) is 31.5 Å². The van der Waals surface area contributed by atoms with Gasteiger partial charge in [-0.05, 0) is 49.6 Å². The Hall–Kier alpha value is -1.59. The molecule has 1 aromatic rings. The Bertz CT molecular complexity index is 534. The van der Waals surface area contributed by atoms with E-state index in [0.29, 0.717) is 24.6 Å². The minimum Gasteiger partial charge on any atom is -0.494 e. The van der Waals surface area contributed by atoms with Crippen molar-refractivity contribution in [3.05, 3.63) is 29.8 Å². The van der Waals surface area contributed by atoms with Crippen molar-refractivity contribution in [1.29, 1.82) is 0 Å². The number of rotatable bonds is 8. The molecule has 0 aromatic heterocycles. The topological polar surface area (TPSA) is 72.6 Å². The maximum absolute atomic E-state index is 12.2. The van der Waals surface area contributed by atoms with Gasteiger partial charge in [-0.2, -0.15) is 0 Å². The molecule has 134 valence electrons. The number of amides is 1. The van der Waals surface area contributed by atoms with Crippen LogP contribution in [0.4, 0.5) is 0 Å². The molecule has 2 N–H and O–H groups in total. The molecular formula is C18H27ClN2O3. The number of nitrogens with two attached hydrogens (primary N) is 1. The SMILES string of the molecule is CCCOc1ccc(C(=O)CCC(=O)N2CCC(CN)C2)cc1.Cl. The molecule has 0 bridgehead atoms. The van der Waals surface area contributed by atoms with Gasteiger partial charge in [0.25, 0.3) is 0 Å². The Kier molecular flexibility index (Phi) is 8.79. The predicted molar refractivity (Wildman–Crippen MR) is 96.8 cm³/mol. The Morgan fingerprint density at radius 1 is 1.25 bits per heavy atom. The van der Waals surface area contributed by atoms with Gasteiger partial charge in [0.2, 0.25) is 5.91 Å². The molecule has 5 nitrogen and oxygen atoms in total. The van der Waals surface area contributed by atoms with Crippen LogP contribution in [0.25, 0.3) is 0 Å². The molecule has 1 aliphatic rings. The zero-order chi connectivity index (χ0) is 16.7. The largest absolute Gasteiger partial charge is 0.494 e. The average Bonchev–Trinajstić information content (AvgIpc) is 3.07. The molecule has 1 saturated heterocycles. The highest BCUT2D eigenvalue weighted by Crippen LogP contribution is 2.18. The lowest BCUT2D eigenvalue weighted by molar-refractivity contribution is -0.130. The lowest BCUT2D eigenvalue weighted by Crippen LogP contribution is -2.30. The van der Waals surface area contributed by atoms with E-state index in [2.05, 4.69) is 0 Å². The number of halogens is 1. The molecule has 0 aliphatic carbocycles. The van der Waals surface area contributed by atoms with Crippen LogP contribution in [0, 0.1) is 5.92 Å². The first-order chi connectivity index (χ1) is 11.1. The van der Waals surface area contributed by atoms with Crippen molar-refractivity contribution in [3.63, 3.8) is 0 Å². The number of benzene rings is 1. The van der Waals surface area contributed by atoms with Gasteiger partial charge < -0.3 is 15.4 Å². The van der Waals surface area contributed by atoms with Crippen molar-refractivity contribution in [1.82, 2.24) is 4.90 Å². The van der Waals surface area contributed by atoms with Crippen molar-refractivity contribution in [2.24, 2.45) is 11.7 Å². The average molecular weight is 355 g/mol. The van der Waals surface area contributed by atoms with Crippen LogP contribution < -0.4 is 10.5 Å². The first kappa shape index (κ1) is 20.5. The second-order valence-electron chi connectivity index (χ2n) is 6.03. The summed E-state index contributed by atoms with van der Waals surface area (Å²) in [5, 5.41) is 0. The van der Waals surface area contributed by atoms with E-state index in [0.717, 1.165) is 31.7 Å². The van der Waals surface area contributed by atoms with E-state index in [1.54, 1.807) is 24.3 Å². The van der Waals surface area contributed by atoms with Gasteiger partial charge in [0.05, 0.1) is 6.61 Å². The Labute approximate surface area is 149 Å². The van der Waals surface area contributed by atoms with E-state index < -0.39 is 0 Å². The van der Waals surface area contributed by atoms with Crippen LogP contribution in [0.3, 0.4) is 0 Å². The van der Waals surface area contributed by atoms with Crippen molar-refractivity contribution in [2.45, 2.75) is 32.6 Å². The maximum atomic E-state index is 12.2. The summed E-state index contributed by atoms with van der Waals surface area (Å²) in [5.74, 6) is 1.22. The van der Waals surface area contributed by atoms with E-state index in [-0.39, 0.29) is 36.9 Å². The van der Waals surface area contributed by atoms with Crippen LogP contribution in [0.2, 0.25) is 0 Å². The molecule has 1 atom stereocenters. The molecule has 0 spiro atoms. The third-order valence-corrected chi connectivity index (χ3v) is 4.19. The van der Waals surface area contributed by atoms with Crippen LogP contribution in [-0.4, -0.2) is 42.8 Å². The molecule has 1 amide bonds. The van der Waals surface area contributed by atoms with Crippen LogP contribution in [0.15, 0.2) is 24.3 Å². The molecule has 1 aliphatic heterocycles. The van der Waals surface area contributed by atoms with E-state index in [9.17, 15) is 9.59 Å². The molecule has 0 radical (unpaired) electrons. The molecule has 0 saturated carbocycles. The van der Waals surface area contributed by atoms with Gasteiger partial charge in [-0.3, -0.25) is 9.59 Å². The van der Waals surface area contributed by atoms with Crippen LogP contribution in [0.1, 0.15) is 43.0 Å². The van der Waals surface area contributed by atoms with E-state index in [1.165, 1.54) is 0 Å². The highest BCUT2D eigenvalue weighted by Gasteiger charge is 2.25. The first-order valence-electron chi connectivity index (χ1n) is 8.38. The summed E-state index contributed by atoms with van der Waals surface area (Å²) in [6.07, 6.45) is 2.43. The minimum absolute atomic E-state index is 0. The summed E-state index contributed by atoms with van der Waals surface area (Å²) >= 11 is 0. The third-order valence-electron chi connectivity index (χ3n) is 4.19. The van der Waals surface area contributed by atoms with E-state index >= 15 is 0 Å². The maximum Gasteiger partial charge on any atom is 0.223 e. The van der Waals surface area contributed by atoms with Gasteiger partial charge in [-0.15, -0.1) is 12.4 Å². The van der Waals surface area contributed by atoms with Gasteiger partial charge in [0.1, 0.15) is 5.75 Å². The molecule has 6 heteroatoms. The molecule has 1 unspecified atom stereocenters. The fourth-order valence-electron chi connectivity index (χ4n) is 2.73. The number of likely N-dealkylation sites (tertiary alicyclic amines) is 1. The second-order valence-corrected chi connectivity index (χ2v) is 6.03. The highest BCUT2D eigenvalue weighted by atomic mass is 35.5. The number of nitrogens with zero attached hydrogens (tertiary/aromatic N) is 1. The fourth-order valence-corrected chi connectivity index (χ4v) is 2.73. The summed E-state index contributed by atoms with van der Waals surface area (Å²) < 4.78 is 5.49. The van der Waals surface area contributed by atoms with Crippen LogP contribution in [0.5, 0.6) is 5.75 Å². The van der Waals surface area contributed by atoms with E-state index in [1.807, 2.05) is 11.8 Å². The molecule has 1 heterocycles. The quantitative estimate of drug-likeness (QED) is 0.728. The van der Waals surface area contributed by atoms with Crippen molar-refractivity contribution < 1.29 is 14.3 Å². The number of hydrogen-bond acceptors (Lipinski definition) is 4. The summed E-state index contributed by atoms with van der Waals surface area (Å²) in [5.41, 5.74) is 6.26. The van der Waals surface area contributed by atoms with Gasteiger partial charge in [-0.25, -0.2) is 0 Å². The minimum atomic E-state index is -0.00466. The van der Waals surface area contributed by atoms with Gasteiger partial charge in [-0.1, -0.05) is 6.92 Å². The molecule has 2 rings (SSSR count). The van der Waals surface area contributed by atoms with Gasteiger partial charge >= 0.3 is 0 Å². The third kappa shape index (κ3) is 5.80. The summed E-state index contributed by atoms with van der Waals surface area (Å²) in [6, 6.07) is 7.13. The smallest absolute Gasteiger partial charge is 0.223 e. The zero-order valence-electron chi connectivity index (χ0n) is 14.2. The number of ketones is 1. The fraction of sp³-hybridized carbons (Fsp3) is 0.556. The molecular weight excluding hydrogens is 328 g/mol. The number of hydrogen-bond donors (Lipinski definition) is 1. The number of ether oxygens (including phenoxy) is 1. The molecule has 1 fully saturated rings. The highest BCUT2D eigenvalue weighted by molar-refractivity contribution is 5.98. The lowest BCUT2D eigenvalue weighted by atomic mass is 10.1. The van der Waals surface area contributed by atoms with E-state index in [4.69, 9.17) is 10.5 Å². The lowest BCUT2D eigenvalue weighted by Gasteiger charge is -2.16. The monoisotopic (exact) mass is 354 g/mol. The summed E-state index contributed by atoms with van der Waals surface area (Å²) in [7, 11) is 0. The number of carbonyl (C=O) groups excluding carboxylic acids is 2.